The maximum Gasteiger partial charge on any atom is 1.00 e. The molecule has 0 heterocycles. The summed E-state index contributed by atoms with van der Waals surface area (Å²) in [6, 6.07) is 16.3. The summed E-state index contributed by atoms with van der Waals surface area (Å²) in [4.78, 5) is 0. The van der Waals surface area contributed by atoms with Gasteiger partial charge >= 0.3 is 29.6 Å². The van der Waals surface area contributed by atoms with Crippen molar-refractivity contribution in [1.82, 2.24) is 0 Å². The Kier molecular flexibility index (Phi) is 10.6. The molecule has 0 spiro atoms. The fraction of sp³-hybridized carbons (Fsp3) is 0.455. The third-order valence-corrected chi connectivity index (χ3v) is 10.0. The van der Waals surface area contributed by atoms with E-state index in [-0.39, 0.29) is 87.1 Å². The summed E-state index contributed by atoms with van der Waals surface area (Å²) >= 11 is 0. The van der Waals surface area contributed by atoms with E-state index in [0.717, 1.165) is 44.5 Å². The van der Waals surface area contributed by atoms with Gasteiger partial charge in [0.1, 0.15) is 17.2 Å². The van der Waals surface area contributed by atoms with Crippen LogP contribution in [0.4, 0.5) is 0 Å². The second-order valence-corrected chi connectivity index (χ2v) is 18.3. The molecule has 1 aliphatic rings. The molecule has 49 heavy (non-hydrogen) atoms. The molecule has 0 radical (unpaired) electrons. The summed E-state index contributed by atoms with van der Waals surface area (Å²) in [5.41, 5.74) is 8.96. The van der Waals surface area contributed by atoms with Crippen LogP contribution < -0.4 is 34.7 Å². The van der Waals surface area contributed by atoms with E-state index in [1.165, 1.54) is 0 Å². The topological polar surface area (TPSA) is 83.8 Å². The van der Waals surface area contributed by atoms with Crippen LogP contribution in [0.5, 0.6) is 23.0 Å². The SMILES string of the molecule is CC(C)(C)c1cc2c([O-])c(c1)Cc1cc(C(C)(C)C)cc(c1O)Cc1cc(C(C)(C)C)cc(c1O)Cc1cc(C(C)(C)C)cc(c1O)C2.[Na+]. The Bertz CT molecular complexity index is 1520. The molecule has 4 aromatic rings. The predicted octanol–water partition coefficient (Wildman–Crippen LogP) is 6.75. The minimum atomic E-state index is -0.218. The number of hydrogen-bond donors (Lipinski definition) is 3. The average molecular weight is 671 g/mol. The molecule has 5 heteroatoms. The standard InChI is InChI=1S/C44H56O4.Na/c1-41(2,3)33-17-25-13-27-19-34(42(4,5)6)21-29(38(27)46)15-31-23-36(44(10,11)12)24-32(40(31)48)16-30-22-35(43(7,8)9)20-28(39(30)47)14-26(18-33)37(25)45;/h17-24,45-48H,13-16H2,1-12H3;/q;+1/p-1. The normalized spacial score (nSPS) is 14.0. The molecule has 4 aromatic carbocycles. The minimum absolute atomic E-state index is 0. The Labute approximate surface area is 316 Å². The predicted molar refractivity (Wildman–Crippen MR) is 196 cm³/mol. The van der Waals surface area contributed by atoms with E-state index in [9.17, 15) is 20.4 Å². The Morgan fingerprint density at radius 2 is 0.531 bits per heavy atom. The third kappa shape index (κ3) is 8.19. The molecule has 8 bridgehead atoms. The number of aromatic hydroxyl groups is 3. The molecule has 256 valence electrons. The second kappa shape index (κ2) is 13.3. The minimum Gasteiger partial charge on any atom is -0.872 e. The number of phenolic OH excluding ortho intramolecular Hbond substituents is 3. The van der Waals surface area contributed by atoms with E-state index >= 15 is 0 Å². The summed E-state index contributed by atoms with van der Waals surface area (Å²) < 4.78 is 0. The molecule has 0 saturated carbocycles. The first-order valence-corrected chi connectivity index (χ1v) is 17.3. The van der Waals surface area contributed by atoms with Crippen LogP contribution in [-0.2, 0) is 47.3 Å². The van der Waals surface area contributed by atoms with Crippen molar-refractivity contribution in [2.24, 2.45) is 0 Å². The first-order chi connectivity index (χ1) is 21.9. The van der Waals surface area contributed by atoms with Gasteiger partial charge in [-0.3, -0.25) is 0 Å². The van der Waals surface area contributed by atoms with Crippen LogP contribution in [0.2, 0.25) is 0 Å². The van der Waals surface area contributed by atoms with E-state index in [1.807, 2.05) is 36.4 Å². The van der Waals surface area contributed by atoms with Crippen molar-refractivity contribution in [3.05, 3.63) is 115 Å². The third-order valence-electron chi connectivity index (χ3n) is 10.0. The van der Waals surface area contributed by atoms with Gasteiger partial charge in [0.2, 0.25) is 0 Å². The molecule has 3 N–H and O–H groups in total. The molecule has 0 aliphatic heterocycles. The quantitative estimate of drug-likeness (QED) is 0.159. The van der Waals surface area contributed by atoms with Gasteiger partial charge in [0.25, 0.3) is 0 Å². The molecule has 1 aliphatic carbocycles. The van der Waals surface area contributed by atoms with Crippen molar-refractivity contribution < 1.29 is 50.0 Å². The largest absolute Gasteiger partial charge is 1.00 e. The Balaban J connectivity index is 0.00000541. The van der Waals surface area contributed by atoms with E-state index < -0.39 is 0 Å². The number of phenols is 3. The monoisotopic (exact) mass is 670 g/mol. The molecule has 0 saturated heterocycles. The summed E-state index contributed by atoms with van der Waals surface area (Å²) in [5.74, 6) is 0.451. The fourth-order valence-electron chi connectivity index (χ4n) is 6.66. The average Bonchev–Trinajstić information content (AvgIpc) is 2.93. The summed E-state index contributed by atoms with van der Waals surface area (Å²) in [6.45, 7) is 25.8. The van der Waals surface area contributed by atoms with Gasteiger partial charge in [-0.25, -0.2) is 0 Å². The Morgan fingerprint density at radius 1 is 0.367 bits per heavy atom. The van der Waals surface area contributed by atoms with Crippen LogP contribution in [0, 0.1) is 0 Å². The van der Waals surface area contributed by atoms with Crippen molar-refractivity contribution in [3.8, 4) is 23.0 Å². The number of benzene rings is 4. The molecule has 0 unspecified atom stereocenters. The first-order valence-electron chi connectivity index (χ1n) is 17.3. The van der Waals surface area contributed by atoms with Crippen LogP contribution in [0.15, 0.2) is 48.5 Å². The number of hydrogen-bond acceptors (Lipinski definition) is 4. The van der Waals surface area contributed by atoms with E-state index in [1.54, 1.807) is 0 Å². The fourth-order valence-corrected chi connectivity index (χ4v) is 6.66. The maximum absolute atomic E-state index is 14.3. The van der Waals surface area contributed by atoms with Gasteiger partial charge < -0.3 is 20.4 Å². The Hall–Kier alpha value is -2.92. The summed E-state index contributed by atoms with van der Waals surface area (Å²) in [5, 5.41) is 50.0. The Morgan fingerprint density at radius 3 is 0.714 bits per heavy atom. The van der Waals surface area contributed by atoms with Gasteiger partial charge in [-0.2, -0.15) is 0 Å². The second-order valence-electron chi connectivity index (χ2n) is 18.3. The van der Waals surface area contributed by atoms with Gasteiger partial charge in [-0.15, -0.1) is 5.75 Å². The molecule has 0 amide bonds. The van der Waals surface area contributed by atoms with Crippen molar-refractivity contribution in [3.63, 3.8) is 0 Å². The van der Waals surface area contributed by atoms with Gasteiger partial charge in [0.15, 0.2) is 0 Å². The van der Waals surface area contributed by atoms with Crippen LogP contribution in [0.25, 0.3) is 0 Å². The van der Waals surface area contributed by atoms with E-state index in [4.69, 9.17) is 0 Å². The van der Waals surface area contributed by atoms with Crippen LogP contribution in [0.3, 0.4) is 0 Å². The van der Waals surface area contributed by atoms with Gasteiger partial charge in [-0.05, 0) is 77.3 Å². The molecule has 0 atom stereocenters. The van der Waals surface area contributed by atoms with Gasteiger partial charge in [0.05, 0.1) is 0 Å². The zero-order valence-electron chi connectivity index (χ0n) is 32.2. The van der Waals surface area contributed by atoms with Crippen molar-refractivity contribution in [1.29, 1.82) is 0 Å². The van der Waals surface area contributed by atoms with Gasteiger partial charge in [0, 0.05) is 25.7 Å². The van der Waals surface area contributed by atoms with Crippen molar-refractivity contribution >= 4 is 0 Å². The zero-order valence-corrected chi connectivity index (χ0v) is 34.2. The first kappa shape index (κ1) is 38.9. The molecule has 0 aromatic heterocycles. The summed E-state index contributed by atoms with van der Waals surface area (Å²) in [7, 11) is 0. The van der Waals surface area contributed by atoms with Crippen LogP contribution in [0.1, 0.15) is 150 Å². The smallest absolute Gasteiger partial charge is 0.872 e. The molecule has 5 rings (SSSR count). The molecule has 0 fully saturated rings. The number of fused-ring (bicyclic) bond motifs is 8. The van der Waals surface area contributed by atoms with Crippen LogP contribution >= 0.6 is 0 Å². The van der Waals surface area contributed by atoms with E-state index in [0.29, 0.717) is 35.1 Å². The number of rotatable bonds is 0. The zero-order chi connectivity index (χ0) is 35.7. The molecular formula is C44H55NaO4. The molecular weight excluding hydrogens is 615 g/mol. The summed E-state index contributed by atoms with van der Waals surface area (Å²) in [6.07, 6.45) is 1.19. The van der Waals surface area contributed by atoms with Gasteiger partial charge in [-0.1, -0.05) is 143 Å². The maximum atomic E-state index is 14.3. The van der Waals surface area contributed by atoms with Crippen LogP contribution in [-0.4, -0.2) is 15.3 Å². The van der Waals surface area contributed by atoms with Crippen molar-refractivity contribution in [2.45, 2.75) is 130 Å². The molecule has 4 nitrogen and oxygen atoms in total. The van der Waals surface area contributed by atoms with Crippen molar-refractivity contribution in [2.75, 3.05) is 0 Å². The van der Waals surface area contributed by atoms with E-state index in [2.05, 4.69) is 95.2 Å².